The van der Waals surface area contributed by atoms with E-state index in [2.05, 4.69) is 26.5 Å². The number of carbonyl (C=O) groups excluding carboxylic acids is 1. The van der Waals surface area contributed by atoms with E-state index >= 15 is 0 Å². The van der Waals surface area contributed by atoms with E-state index in [0.29, 0.717) is 26.4 Å². The zero-order valence-electron chi connectivity index (χ0n) is 11.5. The first-order valence-corrected chi connectivity index (χ1v) is 7.34. The van der Waals surface area contributed by atoms with Crippen LogP contribution in [-0.4, -0.2) is 24.3 Å². The molecular weight excluding hydrogens is 372 g/mol. The van der Waals surface area contributed by atoms with Gasteiger partial charge in [0.05, 0.1) is 17.8 Å². The van der Waals surface area contributed by atoms with Gasteiger partial charge in [-0.2, -0.15) is 5.10 Å². The number of amides is 1. The van der Waals surface area contributed by atoms with Gasteiger partial charge in [-0.15, -0.1) is 0 Å². The van der Waals surface area contributed by atoms with Gasteiger partial charge in [0.25, 0.3) is 5.91 Å². The second-order valence-corrected chi connectivity index (χ2v) is 5.54. The lowest BCUT2D eigenvalue weighted by Gasteiger charge is -2.04. The summed E-state index contributed by atoms with van der Waals surface area (Å²) in [7, 11) is 1.55. The van der Waals surface area contributed by atoms with Crippen LogP contribution >= 0.6 is 27.5 Å². The van der Waals surface area contributed by atoms with Crippen molar-refractivity contribution in [2.75, 3.05) is 7.11 Å². The Morgan fingerprint density at radius 1 is 1.36 bits per heavy atom. The van der Waals surface area contributed by atoms with Crippen molar-refractivity contribution in [3.8, 4) is 11.5 Å². The van der Waals surface area contributed by atoms with Gasteiger partial charge in [-0.25, -0.2) is 5.43 Å². The van der Waals surface area contributed by atoms with Crippen LogP contribution in [0.2, 0.25) is 5.02 Å². The number of rotatable bonds is 4. The summed E-state index contributed by atoms with van der Waals surface area (Å²) in [5, 5.41) is 14.1. The number of benzene rings is 2. The van der Waals surface area contributed by atoms with Gasteiger partial charge in [0, 0.05) is 16.1 Å². The summed E-state index contributed by atoms with van der Waals surface area (Å²) in [4.78, 5) is 11.9. The minimum atomic E-state index is -0.375. The Labute approximate surface area is 140 Å². The van der Waals surface area contributed by atoms with Crippen molar-refractivity contribution in [1.82, 2.24) is 5.43 Å². The smallest absolute Gasteiger partial charge is 0.271 e. The monoisotopic (exact) mass is 382 g/mol. The molecule has 7 heteroatoms. The van der Waals surface area contributed by atoms with Gasteiger partial charge in [0.1, 0.15) is 11.5 Å². The molecule has 5 nitrogen and oxygen atoms in total. The molecule has 0 aromatic heterocycles. The van der Waals surface area contributed by atoms with Crippen LogP contribution in [0.5, 0.6) is 11.5 Å². The van der Waals surface area contributed by atoms with Gasteiger partial charge in [-0.1, -0.05) is 11.6 Å². The van der Waals surface area contributed by atoms with Crippen LogP contribution in [0.4, 0.5) is 0 Å². The van der Waals surface area contributed by atoms with Gasteiger partial charge >= 0.3 is 0 Å². The molecule has 0 aliphatic rings. The lowest BCUT2D eigenvalue weighted by molar-refractivity contribution is 0.0955. The number of carbonyl (C=O) groups is 1. The number of hydrogen-bond donors (Lipinski definition) is 2. The fourth-order valence-corrected chi connectivity index (χ4v) is 2.49. The summed E-state index contributed by atoms with van der Waals surface area (Å²) in [6.45, 7) is 0. The van der Waals surface area contributed by atoms with E-state index < -0.39 is 0 Å². The highest BCUT2D eigenvalue weighted by molar-refractivity contribution is 9.10. The molecule has 0 spiro atoms. The van der Waals surface area contributed by atoms with Crippen molar-refractivity contribution in [2.45, 2.75) is 0 Å². The average Bonchev–Trinajstić information content (AvgIpc) is 2.51. The fourth-order valence-electron chi connectivity index (χ4n) is 1.65. The van der Waals surface area contributed by atoms with Gasteiger partial charge in [-0.05, 0) is 52.3 Å². The summed E-state index contributed by atoms with van der Waals surface area (Å²) in [5.41, 5.74) is 3.19. The minimum absolute atomic E-state index is 0.00755. The van der Waals surface area contributed by atoms with Crippen LogP contribution < -0.4 is 10.2 Å². The maximum atomic E-state index is 11.9. The van der Waals surface area contributed by atoms with Crippen molar-refractivity contribution in [3.63, 3.8) is 0 Å². The van der Waals surface area contributed by atoms with E-state index in [1.807, 2.05) is 0 Å². The van der Waals surface area contributed by atoms with Crippen LogP contribution in [0.3, 0.4) is 0 Å². The second-order valence-electron chi connectivity index (χ2n) is 4.25. The van der Waals surface area contributed by atoms with E-state index in [4.69, 9.17) is 16.3 Å². The third-order valence-electron chi connectivity index (χ3n) is 2.78. The predicted octanol–water partition coefficient (Wildman–Crippen LogP) is 3.58. The minimum Gasteiger partial charge on any atom is -0.506 e. The fraction of sp³-hybridized carbons (Fsp3) is 0.0667. The van der Waals surface area contributed by atoms with Crippen molar-refractivity contribution >= 4 is 39.7 Å². The molecule has 0 saturated heterocycles. The Hall–Kier alpha value is -2.05. The van der Waals surface area contributed by atoms with E-state index in [1.165, 1.54) is 12.3 Å². The van der Waals surface area contributed by atoms with Crippen molar-refractivity contribution in [1.29, 1.82) is 0 Å². The number of nitrogens with zero attached hydrogens (tertiary/aromatic N) is 1. The van der Waals surface area contributed by atoms with Crippen molar-refractivity contribution in [3.05, 3.63) is 57.0 Å². The number of phenols is 1. The first kappa shape index (κ1) is 16.3. The highest BCUT2D eigenvalue weighted by Gasteiger charge is 2.07. The van der Waals surface area contributed by atoms with E-state index in [1.54, 1.807) is 37.4 Å². The van der Waals surface area contributed by atoms with Crippen molar-refractivity contribution < 1.29 is 14.6 Å². The van der Waals surface area contributed by atoms with Crippen LogP contribution in [0, 0.1) is 0 Å². The van der Waals surface area contributed by atoms with Gasteiger partial charge in [-0.3, -0.25) is 4.79 Å². The van der Waals surface area contributed by atoms with Crippen LogP contribution in [-0.2, 0) is 0 Å². The van der Waals surface area contributed by atoms with E-state index in [-0.39, 0.29) is 11.7 Å². The molecule has 0 atom stereocenters. The average molecular weight is 384 g/mol. The molecule has 1 amide bonds. The van der Waals surface area contributed by atoms with Gasteiger partial charge in [0.15, 0.2) is 0 Å². The van der Waals surface area contributed by atoms with Gasteiger partial charge < -0.3 is 9.84 Å². The summed E-state index contributed by atoms with van der Waals surface area (Å²) in [6, 6.07) is 9.69. The van der Waals surface area contributed by atoms with Crippen LogP contribution in [0.15, 0.2) is 46.0 Å². The quantitative estimate of drug-likeness (QED) is 0.626. The zero-order valence-corrected chi connectivity index (χ0v) is 13.9. The molecule has 2 rings (SSSR count). The molecule has 0 fully saturated rings. The Morgan fingerprint density at radius 2 is 2.05 bits per heavy atom. The molecule has 22 heavy (non-hydrogen) atoms. The molecule has 0 heterocycles. The predicted molar refractivity (Wildman–Crippen MR) is 88.9 cm³/mol. The van der Waals surface area contributed by atoms with Crippen LogP contribution in [0.1, 0.15) is 15.9 Å². The summed E-state index contributed by atoms with van der Waals surface area (Å²) in [5.74, 6) is 0.278. The standard InChI is InChI=1S/C15H12BrClN2O3/c1-22-12-4-2-9(3-5-12)15(21)19-18-8-10-6-11(17)7-13(16)14(10)20/h2-8,20H,1H3,(H,19,21)/b18-8+. The molecule has 2 aromatic carbocycles. The molecule has 114 valence electrons. The third-order valence-corrected chi connectivity index (χ3v) is 3.60. The molecular formula is C15H12BrClN2O3. The Morgan fingerprint density at radius 3 is 2.68 bits per heavy atom. The number of ether oxygens (including phenoxy) is 1. The number of hydrazone groups is 1. The first-order valence-electron chi connectivity index (χ1n) is 6.16. The number of methoxy groups -OCH3 is 1. The largest absolute Gasteiger partial charge is 0.506 e. The maximum Gasteiger partial charge on any atom is 0.271 e. The number of phenolic OH excluding ortho intramolecular Hbond substituents is 1. The topological polar surface area (TPSA) is 70.9 Å². The van der Waals surface area contributed by atoms with E-state index in [9.17, 15) is 9.90 Å². The molecule has 0 bridgehead atoms. The molecule has 0 aliphatic heterocycles. The zero-order chi connectivity index (χ0) is 16.1. The Kier molecular flexibility index (Phi) is 5.41. The van der Waals surface area contributed by atoms with Gasteiger partial charge in [0.2, 0.25) is 0 Å². The maximum absolute atomic E-state index is 11.9. The molecule has 2 N–H and O–H groups in total. The highest BCUT2D eigenvalue weighted by atomic mass is 79.9. The van der Waals surface area contributed by atoms with Crippen LogP contribution in [0.25, 0.3) is 0 Å². The summed E-state index contributed by atoms with van der Waals surface area (Å²) >= 11 is 9.06. The second kappa shape index (κ2) is 7.29. The Bertz CT molecular complexity index is 717. The first-order chi connectivity index (χ1) is 10.5. The lowest BCUT2D eigenvalue weighted by Crippen LogP contribution is -2.17. The van der Waals surface area contributed by atoms with E-state index in [0.717, 1.165) is 0 Å². The molecule has 0 unspecified atom stereocenters. The highest BCUT2D eigenvalue weighted by Crippen LogP contribution is 2.30. The Balaban J connectivity index is 2.07. The summed E-state index contributed by atoms with van der Waals surface area (Å²) in [6.07, 6.45) is 1.31. The third kappa shape index (κ3) is 3.99. The normalized spacial score (nSPS) is 10.7. The lowest BCUT2D eigenvalue weighted by atomic mass is 10.2. The molecule has 0 aliphatic carbocycles. The molecule has 2 aromatic rings. The summed E-state index contributed by atoms with van der Waals surface area (Å²) < 4.78 is 5.46. The SMILES string of the molecule is COc1ccc(C(=O)N/N=C/c2cc(Cl)cc(Br)c2O)cc1. The molecule has 0 radical (unpaired) electrons. The number of nitrogens with one attached hydrogen (secondary N) is 1. The van der Waals surface area contributed by atoms with Crippen molar-refractivity contribution in [2.24, 2.45) is 5.10 Å². The number of aromatic hydroxyl groups is 1. The number of halogens is 2. The number of hydrogen-bond acceptors (Lipinski definition) is 4. The molecule has 0 saturated carbocycles.